The van der Waals surface area contributed by atoms with E-state index < -0.39 is 0 Å². The van der Waals surface area contributed by atoms with E-state index in [1.807, 2.05) is 11.3 Å². The van der Waals surface area contributed by atoms with Crippen LogP contribution in [0.1, 0.15) is 24.3 Å². The Balaban J connectivity index is 0.00000110. The summed E-state index contributed by atoms with van der Waals surface area (Å²) in [5.41, 5.74) is 1.14. The van der Waals surface area contributed by atoms with Gasteiger partial charge in [-0.1, -0.05) is 12.1 Å². The summed E-state index contributed by atoms with van der Waals surface area (Å²) in [5.74, 6) is 0. The quantitative estimate of drug-likeness (QED) is 0.916. The molecular weight excluding hydrogens is 325 g/mol. The number of thiazole rings is 1. The van der Waals surface area contributed by atoms with Crippen LogP contribution in [0.4, 0.5) is 0 Å². The average Bonchev–Trinajstić information content (AvgIpc) is 2.63. The molecule has 21 heavy (non-hydrogen) atoms. The number of nitrogens with one attached hydrogen (secondary N) is 1. The van der Waals surface area contributed by atoms with E-state index in [0.29, 0.717) is 6.04 Å². The summed E-state index contributed by atoms with van der Waals surface area (Å²) < 4.78 is 1.30. The summed E-state index contributed by atoms with van der Waals surface area (Å²) >= 11 is 1.83. The summed E-state index contributed by atoms with van der Waals surface area (Å²) in [6.45, 7) is 3.30. The molecule has 0 saturated carbocycles. The first-order valence-electron chi connectivity index (χ1n) is 7.08. The number of aromatic nitrogens is 1. The largest absolute Gasteiger partial charge is 0.317 e. The van der Waals surface area contributed by atoms with Crippen LogP contribution in [0.5, 0.6) is 0 Å². The highest BCUT2D eigenvalue weighted by atomic mass is 35.5. The van der Waals surface area contributed by atoms with E-state index in [2.05, 4.69) is 41.5 Å². The number of fused-ring (bicyclic) bond motifs is 1. The number of para-hydroxylation sites is 1. The predicted molar refractivity (Wildman–Crippen MR) is 96.1 cm³/mol. The minimum atomic E-state index is 0. The second-order valence-electron chi connectivity index (χ2n) is 5.33. The van der Waals surface area contributed by atoms with Gasteiger partial charge in [-0.05, 0) is 51.5 Å². The second kappa shape index (κ2) is 8.91. The molecule has 2 aromatic rings. The molecule has 0 amide bonds. The number of benzene rings is 1. The molecule has 0 spiro atoms. The van der Waals surface area contributed by atoms with Gasteiger partial charge in [0, 0.05) is 6.04 Å². The Morgan fingerprint density at radius 3 is 2.86 bits per heavy atom. The third-order valence-corrected chi connectivity index (χ3v) is 4.91. The van der Waals surface area contributed by atoms with Crippen molar-refractivity contribution in [1.29, 1.82) is 0 Å². The monoisotopic (exact) mass is 347 g/mol. The standard InChI is InChI=1S/C15H21N3S.2ClH/c1-18(12-5-4-9-16-10-8-12)11-15-17-13-6-2-3-7-14(13)19-15;;/h2-3,6-7,12,16H,4-5,8-11H2,1H3;2*1H. The first-order chi connectivity index (χ1) is 9.33. The summed E-state index contributed by atoms with van der Waals surface area (Å²) in [6, 6.07) is 9.11. The maximum atomic E-state index is 4.73. The molecule has 2 heterocycles. The molecule has 0 aliphatic carbocycles. The molecule has 6 heteroatoms. The normalized spacial score (nSPS) is 18.9. The van der Waals surface area contributed by atoms with Crippen LogP contribution in [0.3, 0.4) is 0 Å². The zero-order valence-corrected chi connectivity index (χ0v) is 14.7. The lowest BCUT2D eigenvalue weighted by atomic mass is 10.1. The van der Waals surface area contributed by atoms with Gasteiger partial charge in [-0.15, -0.1) is 36.2 Å². The molecule has 1 saturated heterocycles. The molecule has 3 nitrogen and oxygen atoms in total. The van der Waals surface area contributed by atoms with Crippen LogP contribution in [0.25, 0.3) is 10.2 Å². The van der Waals surface area contributed by atoms with Crippen LogP contribution in [0.2, 0.25) is 0 Å². The average molecular weight is 348 g/mol. The van der Waals surface area contributed by atoms with Gasteiger partial charge in [-0.25, -0.2) is 4.98 Å². The third kappa shape index (κ3) is 4.80. The number of hydrogen-bond acceptors (Lipinski definition) is 4. The fourth-order valence-electron chi connectivity index (χ4n) is 2.77. The SMILES string of the molecule is CN(Cc1nc2ccccc2s1)C1CCCNCC1.Cl.Cl. The molecule has 1 aromatic heterocycles. The molecule has 1 atom stereocenters. The summed E-state index contributed by atoms with van der Waals surface area (Å²) in [5, 5.41) is 4.71. The van der Waals surface area contributed by atoms with Gasteiger partial charge in [0.05, 0.1) is 16.8 Å². The van der Waals surface area contributed by atoms with Crippen LogP contribution in [-0.2, 0) is 6.54 Å². The minimum Gasteiger partial charge on any atom is -0.317 e. The number of rotatable bonds is 3. The zero-order chi connectivity index (χ0) is 13.1. The van der Waals surface area contributed by atoms with Crippen molar-refractivity contribution >= 4 is 46.4 Å². The minimum absolute atomic E-state index is 0. The van der Waals surface area contributed by atoms with Crippen LogP contribution in [0, 0.1) is 0 Å². The van der Waals surface area contributed by atoms with Gasteiger partial charge in [-0.3, -0.25) is 4.90 Å². The lowest BCUT2D eigenvalue weighted by Crippen LogP contribution is -2.31. The fourth-order valence-corrected chi connectivity index (χ4v) is 3.80. The van der Waals surface area contributed by atoms with Crippen LogP contribution in [-0.4, -0.2) is 36.1 Å². The smallest absolute Gasteiger partial charge is 0.108 e. The Kier molecular flexibility index (Phi) is 7.92. The number of nitrogens with zero attached hydrogens (tertiary/aromatic N) is 2. The van der Waals surface area contributed by atoms with E-state index in [0.717, 1.165) is 18.6 Å². The Labute approximate surface area is 143 Å². The highest BCUT2D eigenvalue weighted by Gasteiger charge is 2.17. The first kappa shape index (κ1) is 18.7. The van der Waals surface area contributed by atoms with E-state index in [-0.39, 0.29) is 24.8 Å². The lowest BCUT2D eigenvalue weighted by Gasteiger charge is -2.25. The Morgan fingerprint density at radius 2 is 2.05 bits per heavy atom. The van der Waals surface area contributed by atoms with Gasteiger partial charge in [0.15, 0.2) is 0 Å². The van der Waals surface area contributed by atoms with Crippen molar-refractivity contribution in [2.24, 2.45) is 0 Å². The van der Waals surface area contributed by atoms with Crippen molar-refractivity contribution in [3.8, 4) is 0 Å². The Morgan fingerprint density at radius 1 is 1.24 bits per heavy atom. The van der Waals surface area contributed by atoms with Gasteiger partial charge < -0.3 is 5.32 Å². The zero-order valence-electron chi connectivity index (χ0n) is 12.2. The highest BCUT2D eigenvalue weighted by Crippen LogP contribution is 2.23. The molecule has 0 bridgehead atoms. The first-order valence-corrected chi connectivity index (χ1v) is 7.90. The maximum absolute atomic E-state index is 4.73. The molecule has 1 N–H and O–H groups in total. The summed E-state index contributed by atoms with van der Waals surface area (Å²) in [4.78, 5) is 7.21. The van der Waals surface area contributed by atoms with Crippen molar-refractivity contribution in [2.45, 2.75) is 31.8 Å². The fraction of sp³-hybridized carbons (Fsp3) is 0.533. The van der Waals surface area contributed by atoms with E-state index in [1.54, 1.807) is 0 Å². The Hall–Kier alpha value is -0.390. The van der Waals surface area contributed by atoms with Crippen molar-refractivity contribution in [2.75, 3.05) is 20.1 Å². The Bertz CT molecular complexity index is 505. The van der Waals surface area contributed by atoms with Crippen molar-refractivity contribution in [3.63, 3.8) is 0 Å². The second-order valence-corrected chi connectivity index (χ2v) is 6.44. The molecule has 118 valence electrons. The van der Waals surface area contributed by atoms with Crippen LogP contribution in [0.15, 0.2) is 24.3 Å². The molecule has 3 rings (SSSR count). The number of halogens is 2. The van der Waals surface area contributed by atoms with Gasteiger partial charge >= 0.3 is 0 Å². The van der Waals surface area contributed by atoms with Crippen LogP contribution < -0.4 is 5.32 Å². The van der Waals surface area contributed by atoms with E-state index >= 15 is 0 Å². The van der Waals surface area contributed by atoms with Gasteiger partial charge in [0.1, 0.15) is 5.01 Å². The molecule has 1 aliphatic heterocycles. The van der Waals surface area contributed by atoms with Gasteiger partial charge in [0.2, 0.25) is 0 Å². The highest BCUT2D eigenvalue weighted by molar-refractivity contribution is 7.18. The lowest BCUT2D eigenvalue weighted by molar-refractivity contribution is 0.216. The molecule has 1 unspecified atom stereocenters. The summed E-state index contributed by atoms with van der Waals surface area (Å²) in [7, 11) is 2.24. The third-order valence-electron chi connectivity index (χ3n) is 3.89. The van der Waals surface area contributed by atoms with Crippen molar-refractivity contribution < 1.29 is 0 Å². The van der Waals surface area contributed by atoms with E-state index in [1.165, 1.54) is 35.5 Å². The molecule has 0 radical (unpaired) electrons. The number of hydrogen-bond donors (Lipinski definition) is 1. The molecular formula is C15H23Cl2N3S. The molecule has 1 fully saturated rings. The van der Waals surface area contributed by atoms with Gasteiger partial charge in [0.25, 0.3) is 0 Å². The summed E-state index contributed by atoms with van der Waals surface area (Å²) in [6.07, 6.45) is 3.84. The predicted octanol–water partition coefficient (Wildman–Crippen LogP) is 3.71. The van der Waals surface area contributed by atoms with Crippen molar-refractivity contribution in [1.82, 2.24) is 15.2 Å². The van der Waals surface area contributed by atoms with E-state index in [9.17, 15) is 0 Å². The topological polar surface area (TPSA) is 28.2 Å². The maximum Gasteiger partial charge on any atom is 0.108 e. The molecule has 1 aromatic carbocycles. The molecule has 1 aliphatic rings. The van der Waals surface area contributed by atoms with Crippen molar-refractivity contribution in [3.05, 3.63) is 29.3 Å². The van der Waals surface area contributed by atoms with E-state index in [4.69, 9.17) is 4.98 Å². The van der Waals surface area contributed by atoms with Crippen LogP contribution >= 0.6 is 36.2 Å². The van der Waals surface area contributed by atoms with Gasteiger partial charge in [-0.2, -0.15) is 0 Å².